The van der Waals surface area contributed by atoms with Gasteiger partial charge < -0.3 is 4.90 Å². The number of nitrogens with one attached hydrogen (secondary N) is 1. The first-order chi connectivity index (χ1) is 12.0. The smallest absolute Gasteiger partial charge is 0.271 e. The lowest BCUT2D eigenvalue weighted by Crippen LogP contribution is -2.19. The zero-order valence-electron chi connectivity index (χ0n) is 13.9. The molecule has 2 aromatic carbocycles. The van der Waals surface area contributed by atoms with E-state index in [1.54, 1.807) is 6.07 Å². The number of aryl methyl sites for hydroxylation is 1. The summed E-state index contributed by atoms with van der Waals surface area (Å²) >= 11 is 0. The Morgan fingerprint density at radius 3 is 2.68 bits per heavy atom. The number of benzene rings is 2. The van der Waals surface area contributed by atoms with Crippen LogP contribution in [0, 0.1) is 18.6 Å². The molecule has 25 heavy (non-hydrogen) atoms. The van der Waals surface area contributed by atoms with Crippen LogP contribution in [-0.2, 0) is 0 Å². The van der Waals surface area contributed by atoms with Gasteiger partial charge in [-0.2, -0.15) is 5.10 Å². The Bertz CT molecular complexity index is 814. The molecule has 0 spiro atoms. The van der Waals surface area contributed by atoms with Crippen molar-refractivity contribution >= 4 is 17.8 Å². The minimum atomic E-state index is -0.525. The predicted octanol–water partition coefficient (Wildman–Crippen LogP) is 3.64. The molecule has 0 aromatic heterocycles. The first-order valence-corrected chi connectivity index (χ1v) is 8.18. The van der Waals surface area contributed by atoms with Crippen LogP contribution in [0.1, 0.15) is 34.3 Å². The second-order valence-corrected chi connectivity index (χ2v) is 6.06. The molecule has 2 aromatic rings. The molecule has 0 aliphatic carbocycles. The van der Waals surface area contributed by atoms with Crippen molar-refractivity contribution in [2.24, 2.45) is 5.10 Å². The number of nitrogens with zero attached hydrogens (tertiary/aromatic N) is 2. The fraction of sp³-hybridized carbons (Fsp3) is 0.263. The largest absolute Gasteiger partial charge is 0.369 e. The summed E-state index contributed by atoms with van der Waals surface area (Å²) in [6.07, 6.45) is 3.55. The number of hydrogen-bond acceptors (Lipinski definition) is 3. The third kappa shape index (κ3) is 4.02. The summed E-state index contributed by atoms with van der Waals surface area (Å²) in [6, 6.07) is 8.54. The average Bonchev–Trinajstić information content (AvgIpc) is 3.11. The summed E-state index contributed by atoms with van der Waals surface area (Å²) in [5, 5.41) is 3.85. The monoisotopic (exact) mass is 343 g/mol. The number of carbonyl (C=O) groups is 1. The van der Waals surface area contributed by atoms with Crippen molar-refractivity contribution in [3.63, 3.8) is 0 Å². The van der Waals surface area contributed by atoms with E-state index < -0.39 is 11.7 Å². The average molecular weight is 343 g/mol. The molecular weight excluding hydrogens is 324 g/mol. The lowest BCUT2D eigenvalue weighted by Gasteiger charge is -2.19. The maximum atomic E-state index is 14.3. The van der Waals surface area contributed by atoms with E-state index in [1.807, 2.05) is 11.8 Å². The molecule has 1 aliphatic rings. The van der Waals surface area contributed by atoms with E-state index in [0.717, 1.165) is 37.6 Å². The molecule has 0 saturated carbocycles. The van der Waals surface area contributed by atoms with E-state index in [0.29, 0.717) is 11.3 Å². The second kappa shape index (κ2) is 7.42. The van der Waals surface area contributed by atoms with Gasteiger partial charge in [0.05, 0.1) is 11.9 Å². The van der Waals surface area contributed by atoms with Gasteiger partial charge in [0, 0.05) is 24.2 Å². The van der Waals surface area contributed by atoms with Crippen LogP contribution >= 0.6 is 0 Å². The lowest BCUT2D eigenvalue weighted by molar-refractivity contribution is 0.0954. The van der Waals surface area contributed by atoms with Gasteiger partial charge in [0.15, 0.2) is 0 Å². The summed E-state index contributed by atoms with van der Waals surface area (Å²) in [5.41, 5.74) is 4.55. The van der Waals surface area contributed by atoms with Gasteiger partial charge >= 0.3 is 0 Å². The van der Waals surface area contributed by atoms with E-state index in [-0.39, 0.29) is 11.4 Å². The molecule has 1 aliphatic heterocycles. The first-order valence-electron chi connectivity index (χ1n) is 8.18. The Balaban J connectivity index is 1.71. The quantitative estimate of drug-likeness (QED) is 0.680. The third-order valence-electron chi connectivity index (χ3n) is 4.24. The molecule has 1 saturated heterocycles. The number of hydrogen-bond donors (Lipinski definition) is 1. The molecule has 0 atom stereocenters. The van der Waals surface area contributed by atoms with Gasteiger partial charge in [-0.1, -0.05) is 6.07 Å². The van der Waals surface area contributed by atoms with Crippen molar-refractivity contribution in [2.75, 3.05) is 18.0 Å². The molecule has 6 heteroatoms. The number of carbonyl (C=O) groups excluding carboxylic acids is 1. The highest BCUT2D eigenvalue weighted by atomic mass is 19.1. The fourth-order valence-electron chi connectivity index (χ4n) is 2.88. The molecule has 1 amide bonds. The lowest BCUT2D eigenvalue weighted by atomic mass is 10.1. The van der Waals surface area contributed by atoms with Crippen LogP contribution in [0.4, 0.5) is 14.5 Å². The normalized spacial score (nSPS) is 14.3. The Hall–Kier alpha value is -2.76. The highest BCUT2D eigenvalue weighted by Crippen LogP contribution is 2.26. The number of amides is 1. The van der Waals surface area contributed by atoms with Crippen molar-refractivity contribution in [1.82, 2.24) is 5.43 Å². The number of anilines is 1. The van der Waals surface area contributed by atoms with Crippen molar-refractivity contribution in [3.05, 3.63) is 64.7 Å². The van der Waals surface area contributed by atoms with E-state index in [9.17, 15) is 13.6 Å². The van der Waals surface area contributed by atoms with E-state index in [1.165, 1.54) is 30.5 Å². The Labute approximate surface area is 145 Å². The zero-order chi connectivity index (χ0) is 17.8. The van der Waals surface area contributed by atoms with Crippen LogP contribution in [0.15, 0.2) is 41.5 Å². The Morgan fingerprint density at radius 1 is 1.20 bits per heavy atom. The molecule has 4 nitrogen and oxygen atoms in total. The molecule has 3 rings (SSSR count). The molecular formula is C19H19F2N3O. The van der Waals surface area contributed by atoms with Crippen molar-refractivity contribution < 1.29 is 13.6 Å². The second-order valence-electron chi connectivity index (χ2n) is 6.06. The van der Waals surface area contributed by atoms with Gasteiger partial charge in [-0.25, -0.2) is 14.2 Å². The third-order valence-corrected chi connectivity index (χ3v) is 4.24. The van der Waals surface area contributed by atoms with Gasteiger partial charge in [0.25, 0.3) is 5.91 Å². The van der Waals surface area contributed by atoms with Crippen LogP contribution < -0.4 is 10.3 Å². The number of halogens is 2. The molecule has 130 valence electrons. The maximum absolute atomic E-state index is 14.3. The van der Waals surface area contributed by atoms with Crippen molar-refractivity contribution in [2.45, 2.75) is 19.8 Å². The molecule has 1 heterocycles. The number of hydrazone groups is 1. The Kier molecular flexibility index (Phi) is 5.07. The van der Waals surface area contributed by atoms with E-state index in [2.05, 4.69) is 10.5 Å². The van der Waals surface area contributed by atoms with Gasteiger partial charge in [-0.05, 0) is 55.7 Å². The highest BCUT2D eigenvalue weighted by Gasteiger charge is 2.17. The Morgan fingerprint density at radius 2 is 1.96 bits per heavy atom. The van der Waals surface area contributed by atoms with Crippen LogP contribution in [0.3, 0.4) is 0 Å². The summed E-state index contributed by atoms with van der Waals surface area (Å²) in [4.78, 5) is 13.9. The maximum Gasteiger partial charge on any atom is 0.271 e. The van der Waals surface area contributed by atoms with Crippen LogP contribution in [0.2, 0.25) is 0 Å². The zero-order valence-corrected chi connectivity index (χ0v) is 13.9. The van der Waals surface area contributed by atoms with Gasteiger partial charge in [-0.15, -0.1) is 0 Å². The minimum Gasteiger partial charge on any atom is -0.369 e. The fourth-order valence-corrected chi connectivity index (χ4v) is 2.88. The number of rotatable bonds is 4. The standard InChI is InChI=1S/C19H19F2N3O/c1-13-9-18(24-7-2-3-8-24)17(21)11-15(13)12-22-23-19(25)14-5-4-6-16(20)10-14/h4-6,9-12H,2-3,7-8H2,1H3,(H,23,25)/b22-12-. The SMILES string of the molecule is Cc1cc(N2CCCC2)c(F)cc1/C=N\NC(=O)c1cccc(F)c1. The van der Waals surface area contributed by atoms with Gasteiger partial charge in [0.1, 0.15) is 11.6 Å². The van der Waals surface area contributed by atoms with E-state index in [4.69, 9.17) is 0 Å². The summed E-state index contributed by atoms with van der Waals surface area (Å²) in [5.74, 6) is -1.32. The summed E-state index contributed by atoms with van der Waals surface area (Å²) < 4.78 is 27.5. The molecule has 0 radical (unpaired) electrons. The van der Waals surface area contributed by atoms with Crippen LogP contribution in [0.25, 0.3) is 0 Å². The van der Waals surface area contributed by atoms with Gasteiger partial charge in [-0.3, -0.25) is 4.79 Å². The predicted molar refractivity (Wildman–Crippen MR) is 94.0 cm³/mol. The summed E-state index contributed by atoms with van der Waals surface area (Å²) in [6.45, 7) is 3.61. The highest BCUT2D eigenvalue weighted by molar-refractivity contribution is 5.95. The van der Waals surface area contributed by atoms with Crippen LogP contribution in [0.5, 0.6) is 0 Å². The topological polar surface area (TPSA) is 44.7 Å². The van der Waals surface area contributed by atoms with Gasteiger partial charge in [0.2, 0.25) is 0 Å². The molecule has 1 N–H and O–H groups in total. The first kappa shape index (κ1) is 17.1. The molecule has 0 unspecified atom stereocenters. The summed E-state index contributed by atoms with van der Waals surface area (Å²) in [7, 11) is 0. The minimum absolute atomic E-state index is 0.171. The molecule has 1 fully saturated rings. The van der Waals surface area contributed by atoms with E-state index >= 15 is 0 Å². The van der Waals surface area contributed by atoms with Crippen LogP contribution in [-0.4, -0.2) is 25.2 Å². The van der Waals surface area contributed by atoms with Crippen molar-refractivity contribution in [3.8, 4) is 0 Å². The molecule has 0 bridgehead atoms. The van der Waals surface area contributed by atoms with Crippen molar-refractivity contribution in [1.29, 1.82) is 0 Å².